The first kappa shape index (κ1) is 11.5. The zero-order chi connectivity index (χ0) is 12.1. The molecule has 2 aromatic heterocycles. The predicted molar refractivity (Wildman–Crippen MR) is 63.2 cm³/mol. The van der Waals surface area contributed by atoms with E-state index in [1.807, 2.05) is 13.0 Å². The maximum atomic E-state index is 13.1. The highest BCUT2D eigenvalue weighted by Gasteiger charge is 2.03. The lowest BCUT2D eigenvalue weighted by molar-refractivity contribution is 0.316. The van der Waals surface area contributed by atoms with Crippen LogP contribution in [0.25, 0.3) is 11.3 Å². The molecule has 2 rings (SSSR count). The molecule has 0 saturated heterocycles. The van der Waals surface area contributed by atoms with Crippen LogP contribution in [-0.4, -0.2) is 16.6 Å². The van der Waals surface area contributed by atoms with Gasteiger partial charge in [-0.25, -0.2) is 4.39 Å². The van der Waals surface area contributed by atoms with E-state index in [-0.39, 0.29) is 5.82 Å². The maximum Gasteiger partial charge on any atom is 0.138 e. The van der Waals surface area contributed by atoms with Gasteiger partial charge in [0, 0.05) is 24.0 Å². The highest BCUT2D eigenvalue weighted by molar-refractivity contribution is 5.59. The molecule has 2 heterocycles. The number of pyridine rings is 2. The number of ether oxygens (including phenoxy) is 1. The standard InChI is InChI=1S/C13H13FN2O/c1-2-5-17-12-6-10(8-15-9-12)13-7-11(14)3-4-16-13/h3-4,6-9H,2,5H2,1H3. The van der Waals surface area contributed by atoms with Crippen molar-refractivity contribution < 1.29 is 9.13 Å². The molecule has 0 aliphatic carbocycles. The number of hydrogen-bond donors (Lipinski definition) is 0. The van der Waals surface area contributed by atoms with Crippen molar-refractivity contribution in [2.24, 2.45) is 0 Å². The molecule has 0 radical (unpaired) electrons. The fourth-order valence-electron chi connectivity index (χ4n) is 1.42. The molecule has 0 atom stereocenters. The van der Waals surface area contributed by atoms with Crippen LogP contribution in [-0.2, 0) is 0 Å². The second kappa shape index (κ2) is 5.39. The van der Waals surface area contributed by atoms with Gasteiger partial charge in [0.25, 0.3) is 0 Å². The highest BCUT2D eigenvalue weighted by Crippen LogP contribution is 2.21. The van der Waals surface area contributed by atoms with Crippen molar-refractivity contribution in [2.45, 2.75) is 13.3 Å². The predicted octanol–water partition coefficient (Wildman–Crippen LogP) is 3.07. The van der Waals surface area contributed by atoms with Gasteiger partial charge in [-0.15, -0.1) is 0 Å². The molecule has 0 bridgehead atoms. The molecule has 0 saturated carbocycles. The average molecular weight is 232 g/mol. The van der Waals surface area contributed by atoms with Crippen LogP contribution in [0.4, 0.5) is 4.39 Å². The second-order valence-corrected chi connectivity index (χ2v) is 3.62. The number of halogens is 1. The van der Waals surface area contributed by atoms with Crippen LogP contribution in [0.15, 0.2) is 36.8 Å². The van der Waals surface area contributed by atoms with Crippen LogP contribution in [0.1, 0.15) is 13.3 Å². The summed E-state index contributed by atoms with van der Waals surface area (Å²) in [4.78, 5) is 8.15. The Morgan fingerprint density at radius 2 is 2.18 bits per heavy atom. The normalized spacial score (nSPS) is 10.2. The van der Waals surface area contributed by atoms with Crippen LogP contribution >= 0.6 is 0 Å². The van der Waals surface area contributed by atoms with Gasteiger partial charge in [0.1, 0.15) is 11.6 Å². The van der Waals surface area contributed by atoms with E-state index in [1.54, 1.807) is 12.4 Å². The molecule has 4 heteroatoms. The molecule has 0 spiro atoms. The molecular formula is C13H13FN2O. The molecule has 0 aliphatic heterocycles. The van der Waals surface area contributed by atoms with Gasteiger partial charge in [0.15, 0.2) is 0 Å². The van der Waals surface area contributed by atoms with Gasteiger partial charge in [-0.3, -0.25) is 9.97 Å². The second-order valence-electron chi connectivity index (χ2n) is 3.62. The molecule has 17 heavy (non-hydrogen) atoms. The number of rotatable bonds is 4. The topological polar surface area (TPSA) is 35.0 Å². The summed E-state index contributed by atoms with van der Waals surface area (Å²) in [6.07, 6.45) is 5.64. The molecule has 0 fully saturated rings. The van der Waals surface area contributed by atoms with E-state index >= 15 is 0 Å². The fraction of sp³-hybridized carbons (Fsp3) is 0.231. The first-order chi connectivity index (χ1) is 8.29. The van der Waals surface area contributed by atoms with Crippen molar-refractivity contribution in [3.8, 4) is 17.0 Å². The maximum absolute atomic E-state index is 13.1. The zero-order valence-electron chi connectivity index (χ0n) is 9.56. The van der Waals surface area contributed by atoms with E-state index in [9.17, 15) is 4.39 Å². The lowest BCUT2D eigenvalue weighted by Gasteiger charge is -2.06. The summed E-state index contributed by atoms with van der Waals surface area (Å²) >= 11 is 0. The summed E-state index contributed by atoms with van der Waals surface area (Å²) in [5.74, 6) is 0.366. The number of nitrogens with zero attached hydrogens (tertiary/aromatic N) is 2. The number of hydrogen-bond acceptors (Lipinski definition) is 3. The van der Waals surface area contributed by atoms with Gasteiger partial charge in [-0.1, -0.05) is 6.92 Å². The summed E-state index contributed by atoms with van der Waals surface area (Å²) in [5, 5.41) is 0. The first-order valence-electron chi connectivity index (χ1n) is 5.49. The highest BCUT2D eigenvalue weighted by atomic mass is 19.1. The molecule has 0 aromatic carbocycles. The third-order valence-electron chi connectivity index (χ3n) is 2.20. The van der Waals surface area contributed by atoms with Crippen molar-refractivity contribution in [2.75, 3.05) is 6.61 Å². The summed E-state index contributed by atoms with van der Waals surface area (Å²) < 4.78 is 18.5. The third kappa shape index (κ3) is 3.00. The number of aromatic nitrogens is 2. The van der Waals surface area contributed by atoms with E-state index in [1.165, 1.54) is 18.3 Å². The fourth-order valence-corrected chi connectivity index (χ4v) is 1.42. The molecule has 2 aromatic rings. The van der Waals surface area contributed by atoms with E-state index in [4.69, 9.17) is 4.74 Å². The van der Waals surface area contributed by atoms with Crippen molar-refractivity contribution in [1.82, 2.24) is 9.97 Å². The Morgan fingerprint density at radius 3 is 2.94 bits per heavy atom. The van der Waals surface area contributed by atoms with Crippen LogP contribution in [0.3, 0.4) is 0 Å². The Kier molecular flexibility index (Phi) is 3.65. The largest absolute Gasteiger partial charge is 0.492 e. The quantitative estimate of drug-likeness (QED) is 0.812. The summed E-state index contributed by atoms with van der Waals surface area (Å²) in [7, 11) is 0. The van der Waals surface area contributed by atoms with Crippen molar-refractivity contribution in [3.63, 3.8) is 0 Å². The molecule has 0 amide bonds. The van der Waals surface area contributed by atoms with Gasteiger partial charge < -0.3 is 4.74 Å². The molecule has 0 N–H and O–H groups in total. The van der Waals surface area contributed by atoms with E-state index in [0.29, 0.717) is 18.1 Å². The summed E-state index contributed by atoms with van der Waals surface area (Å²) in [5.41, 5.74) is 1.30. The molecule has 0 aliphatic rings. The summed E-state index contributed by atoms with van der Waals surface area (Å²) in [6, 6.07) is 4.50. The summed E-state index contributed by atoms with van der Waals surface area (Å²) in [6.45, 7) is 2.67. The lowest BCUT2D eigenvalue weighted by Crippen LogP contribution is -1.96. The van der Waals surface area contributed by atoms with Crippen molar-refractivity contribution in [3.05, 3.63) is 42.6 Å². The molecule has 0 unspecified atom stereocenters. The van der Waals surface area contributed by atoms with Crippen molar-refractivity contribution >= 4 is 0 Å². The zero-order valence-corrected chi connectivity index (χ0v) is 9.56. The van der Waals surface area contributed by atoms with Crippen LogP contribution in [0, 0.1) is 5.82 Å². The first-order valence-corrected chi connectivity index (χ1v) is 5.49. The minimum absolute atomic E-state index is 0.310. The third-order valence-corrected chi connectivity index (χ3v) is 2.20. The van der Waals surface area contributed by atoms with Crippen LogP contribution < -0.4 is 4.74 Å². The van der Waals surface area contributed by atoms with Gasteiger partial charge in [-0.05, 0) is 18.6 Å². The minimum Gasteiger partial charge on any atom is -0.492 e. The van der Waals surface area contributed by atoms with Crippen LogP contribution in [0.2, 0.25) is 0 Å². The molecular weight excluding hydrogens is 219 g/mol. The minimum atomic E-state index is -0.310. The van der Waals surface area contributed by atoms with Crippen molar-refractivity contribution in [1.29, 1.82) is 0 Å². The van der Waals surface area contributed by atoms with E-state index in [2.05, 4.69) is 9.97 Å². The van der Waals surface area contributed by atoms with Gasteiger partial charge in [0.05, 0.1) is 18.5 Å². The Labute approximate surface area is 99.3 Å². The molecule has 88 valence electrons. The Hall–Kier alpha value is -1.97. The van der Waals surface area contributed by atoms with E-state index in [0.717, 1.165) is 12.0 Å². The lowest BCUT2D eigenvalue weighted by atomic mass is 10.2. The van der Waals surface area contributed by atoms with Gasteiger partial charge in [-0.2, -0.15) is 0 Å². The van der Waals surface area contributed by atoms with Gasteiger partial charge >= 0.3 is 0 Å². The van der Waals surface area contributed by atoms with Crippen LogP contribution in [0.5, 0.6) is 5.75 Å². The Balaban J connectivity index is 2.26. The van der Waals surface area contributed by atoms with Gasteiger partial charge in [0.2, 0.25) is 0 Å². The Bertz CT molecular complexity index is 502. The SMILES string of the molecule is CCCOc1cncc(-c2cc(F)ccn2)c1. The van der Waals surface area contributed by atoms with E-state index < -0.39 is 0 Å². The average Bonchev–Trinajstić information content (AvgIpc) is 2.37. The Morgan fingerprint density at radius 1 is 1.29 bits per heavy atom. The monoisotopic (exact) mass is 232 g/mol. The smallest absolute Gasteiger partial charge is 0.138 e. The molecule has 3 nitrogen and oxygen atoms in total.